The van der Waals surface area contributed by atoms with Crippen molar-refractivity contribution in [1.82, 2.24) is 0 Å². The minimum absolute atomic E-state index is 0. The van der Waals surface area contributed by atoms with Crippen LogP contribution in [0.4, 0.5) is 9.59 Å². The van der Waals surface area contributed by atoms with Gasteiger partial charge in [-0.2, -0.15) is 0 Å². The molecular formula is C4H9NO5Si. The first kappa shape index (κ1) is 16.4. The summed E-state index contributed by atoms with van der Waals surface area (Å²) in [5.41, 5.74) is 4.54. The number of carbonyl (C=O) groups is 2. The molecule has 7 heteroatoms. The Kier molecular flexibility index (Phi) is 17.2. The van der Waals surface area contributed by atoms with Crippen molar-refractivity contribution in [1.29, 1.82) is 0 Å². The molecule has 0 spiro atoms. The van der Waals surface area contributed by atoms with Crippen molar-refractivity contribution in [3.05, 3.63) is 0 Å². The summed E-state index contributed by atoms with van der Waals surface area (Å²) < 4.78 is 4.18. The fraction of sp³-hybridized carbons (Fsp3) is 0.500. The molecule has 11 heavy (non-hydrogen) atoms. The van der Waals surface area contributed by atoms with Crippen LogP contribution in [0, 0.1) is 0 Å². The predicted octanol–water partition coefficient (Wildman–Crippen LogP) is -0.0568. The van der Waals surface area contributed by atoms with Crippen LogP contribution in [0.15, 0.2) is 0 Å². The highest BCUT2D eigenvalue weighted by atomic mass is 28.1. The maximum absolute atomic E-state index is 9.60. The summed E-state index contributed by atoms with van der Waals surface area (Å²) in [6.45, 7) is 2.06. The molecule has 0 aliphatic heterocycles. The highest BCUT2D eigenvalue weighted by Gasteiger charge is 1.82. The molecule has 4 radical (unpaired) electrons. The molecule has 0 unspecified atom stereocenters. The zero-order chi connectivity index (χ0) is 8.57. The van der Waals surface area contributed by atoms with Crippen LogP contribution >= 0.6 is 0 Å². The SMILES string of the molecule is CCOC(N)=O.O=C(O)O.[Si]. The predicted molar refractivity (Wildman–Crippen MR) is 37.6 cm³/mol. The second-order valence-corrected chi connectivity index (χ2v) is 1.03. The smallest absolute Gasteiger partial charge is 0.450 e. The van der Waals surface area contributed by atoms with Gasteiger partial charge in [-0.1, -0.05) is 0 Å². The first-order chi connectivity index (χ1) is 4.50. The van der Waals surface area contributed by atoms with E-state index >= 15 is 0 Å². The Morgan fingerprint density at radius 2 is 1.73 bits per heavy atom. The number of hydrogen-bond donors (Lipinski definition) is 3. The molecular weight excluding hydrogens is 170 g/mol. The Bertz CT molecular complexity index is 113. The number of ether oxygens (including phenoxy) is 1. The lowest BCUT2D eigenvalue weighted by molar-refractivity contribution is 0.136. The molecule has 0 fully saturated rings. The molecule has 0 aliphatic carbocycles. The Labute approximate surface area is 68.0 Å². The lowest BCUT2D eigenvalue weighted by Gasteiger charge is -1.89. The van der Waals surface area contributed by atoms with E-state index in [1.165, 1.54) is 0 Å². The van der Waals surface area contributed by atoms with Crippen molar-refractivity contribution < 1.29 is 24.5 Å². The first-order valence-corrected chi connectivity index (χ1v) is 2.34. The van der Waals surface area contributed by atoms with Gasteiger partial charge in [0, 0.05) is 11.0 Å². The standard InChI is InChI=1S/C3H7NO2.CH2O3.Si/c1-2-6-3(4)5;2-1(3)4;/h2H2,1H3,(H2,4,5);(H2,2,3,4);. The quantitative estimate of drug-likeness (QED) is 0.488. The summed E-state index contributed by atoms with van der Waals surface area (Å²) in [7, 11) is 0. The third-order valence-corrected chi connectivity index (χ3v) is 0.287. The second kappa shape index (κ2) is 11.5. The van der Waals surface area contributed by atoms with E-state index in [4.69, 9.17) is 15.0 Å². The van der Waals surface area contributed by atoms with Gasteiger partial charge in [-0.05, 0) is 6.92 Å². The molecule has 6 nitrogen and oxygen atoms in total. The number of amides is 1. The van der Waals surface area contributed by atoms with Crippen molar-refractivity contribution in [3.8, 4) is 0 Å². The summed E-state index contributed by atoms with van der Waals surface area (Å²) in [5.74, 6) is 0. The Morgan fingerprint density at radius 1 is 1.45 bits per heavy atom. The molecule has 64 valence electrons. The van der Waals surface area contributed by atoms with E-state index in [0.29, 0.717) is 6.61 Å². The van der Waals surface area contributed by atoms with Gasteiger partial charge in [0.15, 0.2) is 0 Å². The molecule has 0 aromatic heterocycles. The number of nitrogens with two attached hydrogens (primary N) is 1. The number of rotatable bonds is 1. The molecule has 0 aromatic carbocycles. The largest absolute Gasteiger partial charge is 0.503 e. The summed E-state index contributed by atoms with van der Waals surface area (Å²) in [6.07, 6.45) is -2.54. The topological polar surface area (TPSA) is 110 Å². The van der Waals surface area contributed by atoms with Crippen molar-refractivity contribution >= 4 is 23.2 Å². The Morgan fingerprint density at radius 3 is 1.73 bits per heavy atom. The Balaban J connectivity index is -0.000000114. The third kappa shape index (κ3) is 130. The van der Waals surface area contributed by atoms with Crippen LogP contribution in [0.1, 0.15) is 6.92 Å². The molecule has 0 heterocycles. The summed E-state index contributed by atoms with van der Waals surface area (Å²) in [4.78, 5) is 18.2. The molecule has 0 saturated heterocycles. The van der Waals surface area contributed by atoms with Gasteiger partial charge in [-0.25, -0.2) is 9.59 Å². The minimum atomic E-state index is -1.83. The highest BCUT2D eigenvalue weighted by molar-refractivity contribution is 5.75. The van der Waals surface area contributed by atoms with Crippen LogP contribution in [0.5, 0.6) is 0 Å². The van der Waals surface area contributed by atoms with E-state index in [0.717, 1.165) is 0 Å². The number of hydrogen-bond acceptors (Lipinski definition) is 3. The van der Waals surface area contributed by atoms with E-state index in [1.54, 1.807) is 6.92 Å². The van der Waals surface area contributed by atoms with Crippen molar-refractivity contribution in [3.63, 3.8) is 0 Å². The maximum atomic E-state index is 9.60. The lowest BCUT2D eigenvalue weighted by Crippen LogP contribution is -2.11. The van der Waals surface area contributed by atoms with E-state index in [1.807, 2.05) is 0 Å². The normalized spacial score (nSPS) is 6.27. The summed E-state index contributed by atoms with van der Waals surface area (Å²) >= 11 is 0. The molecule has 0 aliphatic rings. The minimum Gasteiger partial charge on any atom is -0.450 e. The molecule has 0 saturated carbocycles. The molecule has 4 N–H and O–H groups in total. The Hall–Kier alpha value is -1.24. The molecule has 0 atom stereocenters. The van der Waals surface area contributed by atoms with Crippen LogP contribution in [0.25, 0.3) is 0 Å². The first-order valence-electron chi connectivity index (χ1n) is 2.34. The van der Waals surface area contributed by atoms with Gasteiger partial charge in [0.25, 0.3) is 0 Å². The zero-order valence-corrected chi connectivity index (χ0v) is 6.90. The third-order valence-electron chi connectivity index (χ3n) is 0.287. The van der Waals surface area contributed by atoms with Crippen LogP contribution in [0.2, 0.25) is 0 Å². The van der Waals surface area contributed by atoms with Gasteiger partial charge in [0.05, 0.1) is 6.61 Å². The molecule has 0 rings (SSSR count). The zero-order valence-electron chi connectivity index (χ0n) is 5.90. The number of carbonyl (C=O) groups excluding carboxylic acids is 1. The fourth-order valence-electron chi connectivity index (χ4n) is 0.142. The van der Waals surface area contributed by atoms with Gasteiger partial charge >= 0.3 is 12.2 Å². The van der Waals surface area contributed by atoms with E-state index < -0.39 is 12.2 Å². The summed E-state index contributed by atoms with van der Waals surface area (Å²) in [5, 5.41) is 13.9. The summed E-state index contributed by atoms with van der Waals surface area (Å²) in [6, 6.07) is 0. The van der Waals surface area contributed by atoms with Crippen molar-refractivity contribution in [2.24, 2.45) is 5.73 Å². The van der Waals surface area contributed by atoms with Crippen LogP contribution in [-0.4, -0.2) is 40.0 Å². The highest BCUT2D eigenvalue weighted by Crippen LogP contribution is 1.66. The lowest BCUT2D eigenvalue weighted by atomic mass is 10.9. The molecule has 0 bridgehead atoms. The fourth-order valence-corrected chi connectivity index (χ4v) is 0.142. The van der Waals surface area contributed by atoms with Crippen LogP contribution < -0.4 is 5.73 Å². The van der Waals surface area contributed by atoms with Crippen molar-refractivity contribution in [2.75, 3.05) is 6.61 Å². The van der Waals surface area contributed by atoms with Gasteiger partial charge in [-0.15, -0.1) is 0 Å². The van der Waals surface area contributed by atoms with Crippen LogP contribution in [-0.2, 0) is 4.74 Å². The average Bonchev–Trinajstić information content (AvgIpc) is 1.62. The van der Waals surface area contributed by atoms with Crippen LogP contribution in [0.3, 0.4) is 0 Å². The average molecular weight is 179 g/mol. The van der Waals surface area contributed by atoms with E-state index in [-0.39, 0.29) is 11.0 Å². The van der Waals surface area contributed by atoms with Gasteiger partial charge in [0.2, 0.25) is 0 Å². The second-order valence-electron chi connectivity index (χ2n) is 1.03. The molecule has 1 amide bonds. The molecule has 0 aromatic rings. The van der Waals surface area contributed by atoms with E-state index in [9.17, 15) is 4.79 Å². The number of carboxylic acid groups (broad SMARTS) is 2. The van der Waals surface area contributed by atoms with E-state index in [2.05, 4.69) is 10.5 Å². The van der Waals surface area contributed by atoms with Gasteiger partial charge < -0.3 is 20.7 Å². The monoisotopic (exact) mass is 179 g/mol. The van der Waals surface area contributed by atoms with Crippen molar-refractivity contribution in [2.45, 2.75) is 6.92 Å². The maximum Gasteiger partial charge on any atom is 0.503 e. The number of primary amides is 1. The van der Waals surface area contributed by atoms with Gasteiger partial charge in [0.1, 0.15) is 0 Å². The van der Waals surface area contributed by atoms with Gasteiger partial charge in [-0.3, -0.25) is 0 Å².